The summed E-state index contributed by atoms with van der Waals surface area (Å²) < 4.78 is 5.26. The van der Waals surface area contributed by atoms with Crippen LogP contribution >= 0.6 is 0 Å². The van der Waals surface area contributed by atoms with Gasteiger partial charge in [-0.15, -0.1) is 0 Å². The van der Waals surface area contributed by atoms with Crippen molar-refractivity contribution < 1.29 is 4.74 Å². The van der Waals surface area contributed by atoms with Crippen LogP contribution in [0.25, 0.3) is 0 Å². The summed E-state index contributed by atoms with van der Waals surface area (Å²) in [6.07, 6.45) is 2.51. The molecule has 0 heterocycles. The SMILES string of the molecule is CCCC(CNCC(C)C)N(CCOC)CC(C)C. The zero-order chi connectivity index (χ0) is 14.7. The van der Waals surface area contributed by atoms with Crippen molar-refractivity contribution in [3.8, 4) is 0 Å². The second-order valence-electron chi connectivity index (χ2n) is 6.38. The lowest BCUT2D eigenvalue weighted by molar-refractivity contribution is 0.104. The van der Waals surface area contributed by atoms with Crippen molar-refractivity contribution in [3.63, 3.8) is 0 Å². The Balaban J connectivity index is 4.35. The predicted octanol–water partition coefficient (Wildman–Crippen LogP) is 3.01. The minimum Gasteiger partial charge on any atom is -0.383 e. The first-order valence-corrected chi connectivity index (χ1v) is 7.94. The molecule has 0 spiro atoms. The van der Waals surface area contributed by atoms with E-state index in [1.165, 1.54) is 12.8 Å². The lowest BCUT2D eigenvalue weighted by atomic mass is 10.1. The molecule has 0 fully saturated rings. The molecule has 3 nitrogen and oxygen atoms in total. The maximum Gasteiger partial charge on any atom is 0.0589 e. The molecule has 19 heavy (non-hydrogen) atoms. The van der Waals surface area contributed by atoms with E-state index in [0.29, 0.717) is 12.0 Å². The quantitative estimate of drug-likeness (QED) is 0.591. The molecule has 0 aromatic heterocycles. The summed E-state index contributed by atoms with van der Waals surface area (Å²) in [5, 5.41) is 3.62. The Morgan fingerprint density at radius 1 is 1.05 bits per heavy atom. The van der Waals surface area contributed by atoms with E-state index in [-0.39, 0.29) is 0 Å². The average Bonchev–Trinajstić information content (AvgIpc) is 2.32. The van der Waals surface area contributed by atoms with Crippen LogP contribution in [0.15, 0.2) is 0 Å². The Kier molecular flexibility index (Phi) is 11.6. The first-order chi connectivity index (χ1) is 9.01. The fraction of sp³-hybridized carbons (Fsp3) is 1.00. The maximum atomic E-state index is 5.26. The van der Waals surface area contributed by atoms with Gasteiger partial charge in [0, 0.05) is 32.8 Å². The van der Waals surface area contributed by atoms with Gasteiger partial charge in [-0.05, 0) is 24.8 Å². The van der Waals surface area contributed by atoms with E-state index in [2.05, 4.69) is 44.8 Å². The normalized spacial score (nSPS) is 13.7. The van der Waals surface area contributed by atoms with Crippen LogP contribution < -0.4 is 5.32 Å². The smallest absolute Gasteiger partial charge is 0.0589 e. The molecule has 1 atom stereocenters. The Hall–Kier alpha value is -0.120. The van der Waals surface area contributed by atoms with Crippen LogP contribution in [0.4, 0.5) is 0 Å². The number of nitrogens with zero attached hydrogens (tertiary/aromatic N) is 1. The summed E-state index contributed by atoms with van der Waals surface area (Å²) in [6, 6.07) is 0.640. The van der Waals surface area contributed by atoms with Gasteiger partial charge in [-0.2, -0.15) is 0 Å². The summed E-state index contributed by atoms with van der Waals surface area (Å²) >= 11 is 0. The number of nitrogens with one attached hydrogen (secondary N) is 1. The summed E-state index contributed by atoms with van der Waals surface area (Å²) in [6.45, 7) is 16.6. The van der Waals surface area contributed by atoms with E-state index < -0.39 is 0 Å². The molecular formula is C16H36N2O. The largest absolute Gasteiger partial charge is 0.383 e. The molecule has 0 aliphatic carbocycles. The van der Waals surface area contributed by atoms with Crippen LogP contribution in [-0.4, -0.2) is 50.8 Å². The Labute approximate surface area is 121 Å². The molecule has 3 heteroatoms. The summed E-state index contributed by atoms with van der Waals surface area (Å²) in [4.78, 5) is 2.60. The van der Waals surface area contributed by atoms with Crippen LogP contribution in [0.1, 0.15) is 47.5 Å². The first-order valence-electron chi connectivity index (χ1n) is 7.94. The highest BCUT2D eigenvalue weighted by molar-refractivity contribution is 4.75. The zero-order valence-corrected chi connectivity index (χ0v) is 14.0. The fourth-order valence-corrected chi connectivity index (χ4v) is 2.39. The molecule has 0 bridgehead atoms. The lowest BCUT2D eigenvalue weighted by Crippen LogP contribution is -2.46. The molecule has 0 aromatic rings. The van der Waals surface area contributed by atoms with Crippen molar-refractivity contribution in [2.45, 2.75) is 53.5 Å². The van der Waals surface area contributed by atoms with Gasteiger partial charge in [-0.25, -0.2) is 0 Å². The Bertz CT molecular complexity index is 195. The van der Waals surface area contributed by atoms with Gasteiger partial charge in [0.05, 0.1) is 6.61 Å². The van der Waals surface area contributed by atoms with Crippen molar-refractivity contribution in [1.82, 2.24) is 10.2 Å². The molecule has 0 aromatic carbocycles. The Morgan fingerprint density at radius 2 is 1.74 bits per heavy atom. The molecule has 0 saturated heterocycles. The molecule has 0 aliphatic heterocycles. The highest BCUT2D eigenvalue weighted by atomic mass is 16.5. The van der Waals surface area contributed by atoms with Crippen LogP contribution in [0.2, 0.25) is 0 Å². The number of rotatable bonds is 12. The third-order valence-corrected chi connectivity index (χ3v) is 3.25. The third-order valence-electron chi connectivity index (χ3n) is 3.25. The number of methoxy groups -OCH3 is 1. The highest BCUT2D eigenvalue weighted by Gasteiger charge is 2.18. The van der Waals surface area contributed by atoms with Gasteiger partial charge in [-0.1, -0.05) is 41.0 Å². The van der Waals surface area contributed by atoms with E-state index >= 15 is 0 Å². The standard InChI is InChI=1S/C16H36N2O/c1-7-8-16(12-17-11-14(2)3)18(9-10-19-6)13-15(4)5/h14-17H,7-13H2,1-6H3. The molecule has 1 N–H and O–H groups in total. The number of hydrogen-bond acceptors (Lipinski definition) is 3. The monoisotopic (exact) mass is 272 g/mol. The second kappa shape index (κ2) is 11.7. The molecule has 0 amide bonds. The predicted molar refractivity (Wildman–Crippen MR) is 84.7 cm³/mol. The van der Waals surface area contributed by atoms with Gasteiger partial charge in [0.15, 0.2) is 0 Å². The lowest BCUT2D eigenvalue weighted by Gasteiger charge is -2.33. The van der Waals surface area contributed by atoms with Crippen molar-refractivity contribution in [3.05, 3.63) is 0 Å². The molecule has 1 unspecified atom stereocenters. The van der Waals surface area contributed by atoms with Gasteiger partial charge in [-0.3, -0.25) is 4.90 Å². The minimum atomic E-state index is 0.640. The van der Waals surface area contributed by atoms with E-state index in [4.69, 9.17) is 4.74 Å². The van der Waals surface area contributed by atoms with E-state index in [9.17, 15) is 0 Å². The Morgan fingerprint density at radius 3 is 2.21 bits per heavy atom. The van der Waals surface area contributed by atoms with Crippen LogP contribution in [0.5, 0.6) is 0 Å². The van der Waals surface area contributed by atoms with Crippen molar-refractivity contribution in [2.24, 2.45) is 11.8 Å². The third kappa shape index (κ3) is 10.3. The van der Waals surface area contributed by atoms with Gasteiger partial charge in [0.2, 0.25) is 0 Å². The minimum absolute atomic E-state index is 0.640. The van der Waals surface area contributed by atoms with E-state index in [0.717, 1.165) is 38.7 Å². The van der Waals surface area contributed by atoms with Gasteiger partial charge in [0.1, 0.15) is 0 Å². The van der Waals surface area contributed by atoms with E-state index in [1.807, 2.05) is 0 Å². The van der Waals surface area contributed by atoms with Crippen LogP contribution in [0.3, 0.4) is 0 Å². The molecule has 0 saturated carbocycles. The van der Waals surface area contributed by atoms with Crippen molar-refractivity contribution in [2.75, 3.05) is 39.9 Å². The fourth-order valence-electron chi connectivity index (χ4n) is 2.39. The van der Waals surface area contributed by atoms with Gasteiger partial charge >= 0.3 is 0 Å². The summed E-state index contributed by atoms with van der Waals surface area (Å²) in [5.74, 6) is 1.43. The average molecular weight is 272 g/mol. The summed E-state index contributed by atoms with van der Waals surface area (Å²) in [7, 11) is 1.79. The van der Waals surface area contributed by atoms with E-state index in [1.54, 1.807) is 7.11 Å². The van der Waals surface area contributed by atoms with Crippen molar-refractivity contribution in [1.29, 1.82) is 0 Å². The van der Waals surface area contributed by atoms with Gasteiger partial charge < -0.3 is 10.1 Å². The number of hydrogen-bond donors (Lipinski definition) is 1. The first kappa shape index (κ1) is 18.9. The topological polar surface area (TPSA) is 24.5 Å². The van der Waals surface area contributed by atoms with Crippen LogP contribution in [-0.2, 0) is 4.74 Å². The second-order valence-corrected chi connectivity index (χ2v) is 6.38. The highest BCUT2D eigenvalue weighted by Crippen LogP contribution is 2.10. The van der Waals surface area contributed by atoms with Gasteiger partial charge in [0.25, 0.3) is 0 Å². The molecule has 116 valence electrons. The molecule has 0 rings (SSSR count). The zero-order valence-electron chi connectivity index (χ0n) is 14.0. The maximum absolute atomic E-state index is 5.26. The molecule has 0 aliphatic rings. The molecular weight excluding hydrogens is 236 g/mol. The number of ether oxygens (including phenoxy) is 1. The van der Waals surface area contributed by atoms with Crippen molar-refractivity contribution >= 4 is 0 Å². The summed E-state index contributed by atoms with van der Waals surface area (Å²) in [5.41, 5.74) is 0. The van der Waals surface area contributed by atoms with Crippen LogP contribution in [0, 0.1) is 11.8 Å². The molecule has 0 radical (unpaired) electrons.